The van der Waals surface area contributed by atoms with Crippen LogP contribution in [0.15, 0.2) is 24.3 Å². The second kappa shape index (κ2) is 10.0. The van der Waals surface area contributed by atoms with Gasteiger partial charge in [0.05, 0.1) is 18.8 Å². The predicted octanol–water partition coefficient (Wildman–Crippen LogP) is 3.96. The first-order chi connectivity index (χ1) is 13.8. The van der Waals surface area contributed by atoms with Gasteiger partial charge in [0.1, 0.15) is 21.4 Å². The van der Waals surface area contributed by atoms with E-state index in [9.17, 15) is 18.8 Å². The molecule has 1 N–H and O–H groups in total. The zero-order valence-corrected chi connectivity index (χ0v) is 17.4. The molecule has 1 amide bonds. The highest BCUT2D eigenvalue weighted by molar-refractivity contribution is 7.18. The van der Waals surface area contributed by atoms with Gasteiger partial charge < -0.3 is 19.5 Å². The third-order valence-electron chi connectivity index (χ3n) is 3.82. The fourth-order valence-corrected chi connectivity index (χ4v) is 3.52. The van der Waals surface area contributed by atoms with Gasteiger partial charge >= 0.3 is 11.9 Å². The number of hydrogen-bond acceptors (Lipinski definition) is 7. The number of carbonyl (C=O) groups is 3. The zero-order valence-electron chi connectivity index (χ0n) is 16.5. The molecule has 1 aromatic carbocycles. The Morgan fingerprint density at radius 2 is 1.66 bits per heavy atom. The third kappa shape index (κ3) is 5.54. The van der Waals surface area contributed by atoms with Gasteiger partial charge in [-0.3, -0.25) is 4.79 Å². The maximum atomic E-state index is 13.0. The van der Waals surface area contributed by atoms with Crippen molar-refractivity contribution >= 4 is 34.2 Å². The average molecular weight is 423 g/mol. The number of amides is 1. The molecule has 0 radical (unpaired) electrons. The van der Waals surface area contributed by atoms with Crippen LogP contribution in [0.25, 0.3) is 0 Å². The van der Waals surface area contributed by atoms with Crippen molar-refractivity contribution in [2.45, 2.75) is 33.8 Å². The summed E-state index contributed by atoms with van der Waals surface area (Å²) in [6.45, 7) is 6.74. The second-order valence-corrected chi connectivity index (χ2v) is 6.93. The van der Waals surface area contributed by atoms with Crippen molar-refractivity contribution in [2.75, 3.05) is 18.5 Å². The molecule has 156 valence electrons. The Morgan fingerprint density at radius 1 is 1.07 bits per heavy atom. The van der Waals surface area contributed by atoms with Crippen LogP contribution in [-0.4, -0.2) is 37.2 Å². The van der Waals surface area contributed by atoms with Gasteiger partial charge in [0.2, 0.25) is 0 Å². The van der Waals surface area contributed by atoms with Crippen molar-refractivity contribution in [1.29, 1.82) is 0 Å². The summed E-state index contributed by atoms with van der Waals surface area (Å²) in [5, 5.41) is 2.78. The van der Waals surface area contributed by atoms with E-state index in [0.29, 0.717) is 11.3 Å². The van der Waals surface area contributed by atoms with Gasteiger partial charge in [-0.1, -0.05) is 0 Å². The van der Waals surface area contributed by atoms with E-state index in [-0.39, 0.29) is 28.7 Å². The topological polar surface area (TPSA) is 90.9 Å². The predicted molar refractivity (Wildman–Crippen MR) is 106 cm³/mol. The van der Waals surface area contributed by atoms with Gasteiger partial charge in [0.15, 0.2) is 6.10 Å². The Morgan fingerprint density at radius 3 is 2.24 bits per heavy atom. The van der Waals surface area contributed by atoms with Crippen LogP contribution in [0.4, 0.5) is 9.39 Å². The van der Waals surface area contributed by atoms with E-state index in [4.69, 9.17) is 14.2 Å². The van der Waals surface area contributed by atoms with Gasteiger partial charge in [-0.15, -0.1) is 11.3 Å². The third-order valence-corrected chi connectivity index (χ3v) is 5.01. The van der Waals surface area contributed by atoms with Crippen LogP contribution in [0.2, 0.25) is 0 Å². The highest BCUT2D eigenvalue weighted by Crippen LogP contribution is 2.34. The van der Waals surface area contributed by atoms with Crippen molar-refractivity contribution in [1.82, 2.24) is 0 Å². The van der Waals surface area contributed by atoms with Gasteiger partial charge in [-0.05, 0) is 57.5 Å². The van der Waals surface area contributed by atoms with E-state index in [1.807, 2.05) is 0 Å². The lowest BCUT2D eigenvalue weighted by atomic mass is 10.1. The van der Waals surface area contributed by atoms with E-state index in [1.165, 1.54) is 31.2 Å². The average Bonchev–Trinajstić information content (AvgIpc) is 3.00. The smallest absolute Gasteiger partial charge is 0.348 e. The highest BCUT2D eigenvalue weighted by Gasteiger charge is 2.28. The first-order valence-corrected chi connectivity index (χ1v) is 9.80. The molecule has 1 atom stereocenters. The second-order valence-electron chi connectivity index (χ2n) is 5.90. The SMILES string of the molecule is CCOC(=O)c1sc(NC(=O)[C@@H](C)Oc2ccc(F)cc2)c(C(=O)OCC)c1C. The lowest BCUT2D eigenvalue weighted by molar-refractivity contribution is -0.122. The highest BCUT2D eigenvalue weighted by atomic mass is 32.1. The molecule has 0 saturated carbocycles. The quantitative estimate of drug-likeness (QED) is 0.647. The fourth-order valence-electron chi connectivity index (χ4n) is 2.43. The fraction of sp³-hybridized carbons (Fsp3) is 0.350. The minimum Gasteiger partial charge on any atom is -0.481 e. The summed E-state index contributed by atoms with van der Waals surface area (Å²) in [5.74, 6) is -1.89. The van der Waals surface area contributed by atoms with E-state index < -0.39 is 29.8 Å². The Kier molecular flexibility index (Phi) is 7.72. The summed E-state index contributed by atoms with van der Waals surface area (Å²) < 4.78 is 28.5. The molecule has 0 unspecified atom stereocenters. The van der Waals surface area contributed by atoms with Crippen molar-refractivity contribution in [3.05, 3.63) is 46.1 Å². The molecular weight excluding hydrogens is 401 g/mol. The van der Waals surface area contributed by atoms with E-state index >= 15 is 0 Å². The Labute approximate surface area is 171 Å². The van der Waals surface area contributed by atoms with Crippen LogP contribution < -0.4 is 10.1 Å². The number of nitrogens with one attached hydrogen (secondary N) is 1. The number of halogens is 1. The lowest BCUT2D eigenvalue weighted by Gasteiger charge is -2.14. The van der Waals surface area contributed by atoms with Gasteiger partial charge in [0, 0.05) is 0 Å². The first-order valence-electron chi connectivity index (χ1n) is 8.99. The van der Waals surface area contributed by atoms with Gasteiger partial charge in [-0.25, -0.2) is 14.0 Å². The molecule has 0 aliphatic carbocycles. The molecule has 0 spiro atoms. The Bertz CT molecular complexity index is 893. The number of benzene rings is 1. The monoisotopic (exact) mass is 423 g/mol. The van der Waals surface area contributed by atoms with Crippen LogP contribution in [0.5, 0.6) is 5.75 Å². The number of thiophene rings is 1. The maximum absolute atomic E-state index is 13.0. The summed E-state index contributed by atoms with van der Waals surface area (Å²) in [6.07, 6.45) is -0.941. The normalized spacial score (nSPS) is 11.5. The Balaban J connectivity index is 2.25. The van der Waals surface area contributed by atoms with E-state index in [2.05, 4.69) is 5.32 Å². The molecule has 1 aromatic heterocycles. The molecule has 0 bridgehead atoms. The molecule has 9 heteroatoms. The molecule has 2 aromatic rings. The molecule has 0 aliphatic rings. The molecule has 0 fully saturated rings. The summed E-state index contributed by atoms with van der Waals surface area (Å²) in [5.41, 5.74) is 0.469. The van der Waals surface area contributed by atoms with Gasteiger partial charge in [0.25, 0.3) is 5.91 Å². The summed E-state index contributed by atoms with van der Waals surface area (Å²) >= 11 is 0.930. The first kappa shape index (κ1) is 22.4. The molecule has 2 rings (SSSR count). The van der Waals surface area contributed by atoms with Crippen molar-refractivity contribution < 1.29 is 33.0 Å². The molecule has 0 saturated heterocycles. The molecule has 1 heterocycles. The number of anilines is 1. The number of hydrogen-bond donors (Lipinski definition) is 1. The summed E-state index contributed by atoms with van der Waals surface area (Å²) in [4.78, 5) is 37.3. The van der Waals surface area contributed by atoms with E-state index in [1.54, 1.807) is 20.8 Å². The molecular formula is C20H22FNO6S. The van der Waals surface area contributed by atoms with Gasteiger partial charge in [-0.2, -0.15) is 0 Å². The maximum Gasteiger partial charge on any atom is 0.348 e. The van der Waals surface area contributed by atoms with Crippen LogP contribution in [0, 0.1) is 12.7 Å². The minimum atomic E-state index is -0.941. The number of ether oxygens (including phenoxy) is 3. The molecule has 0 aliphatic heterocycles. The van der Waals surface area contributed by atoms with Crippen LogP contribution in [0.1, 0.15) is 46.4 Å². The van der Waals surface area contributed by atoms with Crippen LogP contribution in [0.3, 0.4) is 0 Å². The van der Waals surface area contributed by atoms with Crippen molar-refractivity contribution in [3.63, 3.8) is 0 Å². The number of carbonyl (C=O) groups excluding carboxylic acids is 3. The van der Waals surface area contributed by atoms with E-state index in [0.717, 1.165) is 11.3 Å². The largest absolute Gasteiger partial charge is 0.481 e. The summed E-state index contributed by atoms with van der Waals surface area (Å²) in [6, 6.07) is 5.23. The summed E-state index contributed by atoms with van der Waals surface area (Å²) in [7, 11) is 0. The number of esters is 2. The lowest BCUT2D eigenvalue weighted by Crippen LogP contribution is -2.30. The molecule has 29 heavy (non-hydrogen) atoms. The van der Waals surface area contributed by atoms with Crippen LogP contribution >= 0.6 is 11.3 Å². The number of rotatable bonds is 8. The van der Waals surface area contributed by atoms with Crippen molar-refractivity contribution in [2.24, 2.45) is 0 Å². The minimum absolute atomic E-state index is 0.0993. The standard InChI is InChI=1S/C20H22FNO6S/c1-5-26-19(24)15-11(3)16(20(25)27-6-2)29-18(15)22-17(23)12(4)28-14-9-7-13(21)8-10-14/h7-10,12H,5-6H2,1-4H3,(H,22,23)/t12-/m1/s1. The van der Waals surface area contributed by atoms with Crippen molar-refractivity contribution in [3.8, 4) is 5.75 Å². The zero-order chi connectivity index (χ0) is 21.6. The van der Waals surface area contributed by atoms with Crippen LogP contribution in [-0.2, 0) is 14.3 Å². The Hall–Kier alpha value is -2.94. The molecule has 7 nitrogen and oxygen atoms in total.